The minimum absolute atomic E-state index is 0.0205. The highest BCUT2D eigenvalue weighted by Gasteiger charge is 2.19. The monoisotopic (exact) mass is 352 g/mol. The van der Waals surface area contributed by atoms with E-state index in [2.05, 4.69) is 6.58 Å². The Morgan fingerprint density at radius 2 is 2.35 bits per heavy atom. The van der Waals surface area contributed by atoms with Crippen LogP contribution in [0.25, 0.3) is 10.2 Å². The molecule has 1 aliphatic heterocycles. The van der Waals surface area contributed by atoms with E-state index in [4.69, 9.17) is 14.5 Å². The number of hydrogen-bond acceptors (Lipinski definition) is 6. The summed E-state index contributed by atoms with van der Waals surface area (Å²) in [5.74, 6) is 0.766. The second kappa shape index (κ2) is 7.17. The van der Waals surface area contributed by atoms with E-state index in [0.29, 0.717) is 13.3 Å². The second-order valence-corrected chi connectivity index (χ2v) is 7.67. The molecule has 1 fully saturated rings. The third kappa shape index (κ3) is 3.38. The number of nitrogens with zero attached hydrogens (tertiary/aromatic N) is 2. The molecule has 7 heteroatoms. The lowest BCUT2D eigenvalue weighted by molar-refractivity contribution is -0.130. The van der Waals surface area contributed by atoms with Crippen LogP contribution in [0.15, 0.2) is 22.6 Å². The van der Waals surface area contributed by atoms with Crippen molar-refractivity contribution in [3.05, 3.63) is 33.4 Å². The van der Waals surface area contributed by atoms with Crippen molar-refractivity contribution in [1.82, 2.24) is 9.55 Å². The van der Waals surface area contributed by atoms with E-state index in [0.717, 1.165) is 44.6 Å². The molecular formula is C16H20N2O3S2. The molecule has 2 aromatic heterocycles. The van der Waals surface area contributed by atoms with E-state index in [1.165, 1.54) is 0 Å². The van der Waals surface area contributed by atoms with Crippen LogP contribution < -0.4 is 5.56 Å². The fraction of sp³-hybridized carbons (Fsp3) is 0.500. The summed E-state index contributed by atoms with van der Waals surface area (Å²) in [6.07, 6.45) is 2.75. The van der Waals surface area contributed by atoms with Gasteiger partial charge in [-0.2, -0.15) is 0 Å². The van der Waals surface area contributed by atoms with E-state index in [9.17, 15) is 4.79 Å². The van der Waals surface area contributed by atoms with E-state index in [1.807, 2.05) is 13.8 Å². The number of rotatable bonds is 5. The number of thioether (sulfide) groups is 1. The van der Waals surface area contributed by atoms with Gasteiger partial charge in [0.2, 0.25) is 0 Å². The summed E-state index contributed by atoms with van der Waals surface area (Å²) in [7, 11) is 0. The summed E-state index contributed by atoms with van der Waals surface area (Å²) in [6.45, 7) is 9.31. The van der Waals surface area contributed by atoms with Gasteiger partial charge >= 0.3 is 0 Å². The summed E-state index contributed by atoms with van der Waals surface area (Å²) in [5, 5.41) is 1.47. The molecule has 0 unspecified atom stereocenters. The molecule has 23 heavy (non-hydrogen) atoms. The van der Waals surface area contributed by atoms with Crippen molar-refractivity contribution < 1.29 is 9.47 Å². The average molecular weight is 352 g/mol. The first-order valence-electron chi connectivity index (χ1n) is 7.55. The second-order valence-electron chi connectivity index (χ2n) is 5.48. The molecule has 1 aliphatic rings. The maximum Gasteiger partial charge on any atom is 0.263 e. The van der Waals surface area contributed by atoms with E-state index >= 15 is 0 Å². The van der Waals surface area contributed by atoms with Crippen molar-refractivity contribution in [2.24, 2.45) is 0 Å². The van der Waals surface area contributed by atoms with Gasteiger partial charge < -0.3 is 9.47 Å². The van der Waals surface area contributed by atoms with Crippen LogP contribution in [0, 0.1) is 13.8 Å². The summed E-state index contributed by atoms with van der Waals surface area (Å²) in [6, 6.07) is 0. The molecule has 0 aromatic carbocycles. The summed E-state index contributed by atoms with van der Waals surface area (Å²) in [5.41, 5.74) is 1.05. The Hall–Kier alpha value is -1.15. The molecule has 0 radical (unpaired) electrons. The zero-order valence-corrected chi connectivity index (χ0v) is 15.0. The van der Waals surface area contributed by atoms with Crippen LogP contribution in [-0.4, -0.2) is 34.8 Å². The smallest absolute Gasteiger partial charge is 0.263 e. The predicted molar refractivity (Wildman–Crippen MR) is 94.6 cm³/mol. The predicted octanol–water partition coefficient (Wildman–Crippen LogP) is 3.12. The molecule has 0 N–H and O–H groups in total. The topological polar surface area (TPSA) is 53.4 Å². The van der Waals surface area contributed by atoms with Gasteiger partial charge in [0.25, 0.3) is 5.56 Å². The SMILES string of the molecule is C=CCn1c(SC[C@@H]2CCOCO2)nc2sc(C)c(C)c2c1=O. The molecule has 0 aliphatic carbocycles. The third-order valence-electron chi connectivity index (χ3n) is 3.94. The van der Waals surface area contributed by atoms with Gasteiger partial charge in [0, 0.05) is 17.2 Å². The molecule has 3 heterocycles. The fourth-order valence-corrected chi connectivity index (χ4v) is 4.65. The van der Waals surface area contributed by atoms with Crippen molar-refractivity contribution in [2.75, 3.05) is 19.2 Å². The first kappa shape index (κ1) is 16.7. The van der Waals surface area contributed by atoms with Crippen molar-refractivity contribution in [3.8, 4) is 0 Å². The molecule has 0 spiro atoms. The molecule has 0 bridgehead atoms. The summed E-state index contributed by atoms with van der Waals surface area (Å²) >= 11 is 3.15. The normalized spacial score (nSPS) is 18.4. The molecule has 1 saturated heterocycles. The van der Waals surface area contributed by atoms with Crippen molar-refractivity contribution in [2.45, 2.75) is 38.1 Å². The highest BCUT2D eigenvalue weighted by Crippen LogP contribution is 2.29. The van der Waals surface area contributed by atoms with Crippen molar-refractivity contribution in [1.29, 1.82) is 0 Å². The molecular weight excluding hydrogens is 332 g/mol. The lowest BCUT2D eigenvalue weighted by Gasteiger charge is -2.22. The van der Waals surface area contributed by atoms with Crippen LogP contribution in [0.3, 0.4) is 0 Å². The highest BCUT2D eigenvalue weighted by molar-refractivity contribution is 7.99. The summed E-state index contributed by atoms with van der Waals surface area (Å²) in [4.78, 5) is 19.5. The zero-order chi connectivity index (χ0) is 16.4. The number of fused-ring (bicyclic) bond motifs is 1. The van der Waals surface area contributed by atoms with Crippen LogP contribution in [0.5, 0.6) is 0 Å². The Balaban J connectivity index is 1.95. The quantitative estimate of drug-likeness (QED) is 0.470. The van der Waals surface area contributed by atoms with Gasteiger partial charge in [-0.05, 0) is 25.8 Å². The number of aryl methyl sites for hydroxylation is 2. The van der Waals surface area contributed by atoms with Gasteiger partial charge in [-0.1, -0.05) is 17.8 Å². The number of ether oxygens (including phenoxy) is 2. The third-order valence-corrected chi connectivity index (χ3v) is 6.14. The van der Waals surface area contributed by atoms with Gasteiger partial charge in [-0.3, -0.25) is 9.36 Å². The van der Waals surface area contributed by atoms with Crippen LogP contribution in [0.2, 0.25) is 0 Å². The summed E-state index contributed by atoms with van der Waals surface area (Å²) < 4.78 is 12.5. The Labute approximate surface area is 143 Å². The van der Waals surface area contributed by atoms with Gasteiger partial charge in [-0.15, -0.1) is 17.9 Å². The lowest BCUT2D eigenvalue weighted by Crippen LogP contribution is -2.27. The van der Waals surface area contributed by atoms with E-state index < -0.39 is 0 Å². The van der Waals surface area contributed by atoms with Crippen LogP contribution >= 0.6 is 23.1 Å². The van der Waals surface area contributed by atoms with Crippen LogP contribution in [-0.2, 0) is 16.0 Å². The fourth-order valence-electron chi connectivity index (χ4n) is 2.51. The Bertz CT molecular complexity index is 776. The van der Waals surface area contributed by atoms with E-state index in [-0.39, 0.29) is 11.7 Å². The Kier molecular flexibility index (Phi) is 5.21. The number of hydrogen-bond donors (Lipinski definition) is 0. The molecule has 1 atom stereocenters. The Morgan fingerprint density at radius 1 is 1.52 bits per heavy atom. The zero-order valence-electron chi connectivity index (χ0n) is 13.3. The van der Waals surface area contributed by atoms with Gasteiger partial charge in [0.05, 0.1) is 18.1 Å². The number of thiophene rings is 1. The van der Waals surface area contributed by atoms with Crippen molar-refractivity contribution in [3.63, 3.8) is 0 Å². The maximum absolute atomic E-state index is 12.8. The average Bonchev–Trinajstić information content (AvgIpc) is 2.84. The molecule has 0 amide bonds. The van der Waals surface area contributed by atoms with Gasteiger partial charge in [0.1, 0.15) is 11.6 Å². The molecule has 5 nitrogen and oxygen atoms in total. The van der Waals surface area contributed by atoms with Crippen LogP contribution in [0.4, 0.5) is 0 Å². The molecule has 0 saturated carbocycles. The number of aromatic nitrogens is 2. The lowest BCUT2D eigenvalue weighted by atomic mass is 10.2. The van der Waals surface area contributed by atoms with Crippen molar-refractivity contribution >= 4 is 33.3 Å². The first-order chi connectivity index (χ1) is 11.1. The molecule has 3 rings (SSSR count). The Morgan fingerprint density at radius 3 is 3.04 bits per heavy atom. The maximum atomic E-state index is 12.8. The van der Waals surface area contributed by atoms with Gasteiger partial charge in [-0.25, -0.2) is 4.98 Å². The standard InChI is InChI=1S/C16H20N2O3S2/c1-4-6-18-15(19)13-10(2)11(3)23-14(13)17-16(18)22-8-12-5-7-20-9-21-12/h4,12H,1,5-9H2,2-3H3/t12-/m0/s1. The minimum atomic E-state index is 0.0205. The first-order valence-corrected chi connectivity index (χ1v) is 9.35. The largest absolute Gasteiger partial charge is 0.355 e. The minimum Gasteiger partial charge on any atom is -0.355 e. The van der Waals surface area contributed by atoms with Crippen LogP contribution in [0.1, 0.15) is 16.9 Å². The van der Waals surface area contributed by atoms with Gasteiger partial charge in [0.15, 0.2) is 5.16 Å². The molecule has 2 aromatic rings. The molecule has 124 valence electrons. The number of allylic oxidation sites excluding steroid dienone is 1. The highest BCUT2D eigenvalue weighted by atomic mass is 32.2. The van der Waals surface area contributed by atoms with E-state index in [1.54, 1.807) is 33.7 Å².